The van der Waals surface area contributed by atoms with Gasteiger partial charge in [0.05, 0.1) is 0 Å². The largest absolute Gasteiger partial charge is 0.344 e. The molecule has 4 nitrogen and oxygen atoms in total. The number of nitrogens with one attached hydrogen (secondary N) is 2. The van der Waals surface area contributed by atoms with Crippen LogP contribution >= 0.6 is 11.3 Å². The van der Waals surface area contributed by atoms with Crippen LogP contribution in [0.15, 0.2) is 41.1 Å². The minimum Gasteiger partial charge on any atom is -0.344 e. The first-order valence-corrected chi connectivity index (χ1v) is 6.91. The van der Waals surface area contributed by atoms with Crippen LogP contribution in [0.3, 0.4) is 0 Å². The van der Waals surface area contributed by atoms with Gasteiger partial charge in [-0.3, -0.25) is 9.59 Å². The van der Waals surface area contributed by atoms with Crippen molar-refractivity contribution in [2.75, 3.05) is 0 Å². The maximum Gasteiger partial charge on any atom is 0.309 e. The van der Waals surface area contributed by atoms with E-state index < -0.39 is 11.8 Å². The molecule has 0 fully saturated rings. The highest BCUT2D eigenvalue weighted by molar-refractivity contribution is 7.07. The first kappa shape index (κ1) is 14.2. The Hall–Kier alpha value is -2.21. The van der Waals surface area contributed by atoms with Gasteiger partial charge in [0.25, 0.3) is 0 Å². The third-order valence-corrected chi connectivity index (χ3v) is 3.34. The van der Waals surface area contributed by atoms with Crippen LogP contribution in [-0.2, 0) is 22.7 Å². The molecular weight excluding hydrogens is 279 g/mol. The molecule has 0 radical (unpaired) electrons. The number of carbonyl (C=O) groups excluding carboxylic acids is 2. The summed E-state index contributed by atoms with van der Waals surface area (Å²) in [6.07, 6.45) is 0. The van der Waals surface area contributed by atoms with Crippen molar-refractivity contribution in [3.63, 3.8) is 0 Å². The molecular formula is C14H13FN2O2S. The van der Waals surface area contributed by atoms with Gasteiger partial charge in [-0.15, -0.1) is 0 Å². The van der Waals surface area contributed by atoms with E-state index in [1.54, 1.807) is 12.1 Å². The molecule has 0 unspecified atom stereocenters. The summed E-state index contributed by atoms with van der Waals surface area (Å²) in [6.45, 7) is 0.511. The maximum atomic E-state index is 12.7. The fourth-order valence-corrected chi connectivity index (χ4v) is 2.19. The third kappa shape index (κ3) is 4.17. The lowest BCUT2D eigenvalue weighted by molar-refractivity contribution is -0.139. The van der Waals surface area contributed by atoms with Crippen LogP contribution in [0.2, 0.25) is 0 Å². The average Bonchev–Trinajstić information content (AvgIpc) is 2.97. The molecule has 104 valence electrons. The number of hydrogen-bond donors (Lipinski definition) is 2. The van der Waals surface area contributed by atoms with E-state index in [0.29, 0.717) is 6.54 Å². The Balaban J connectivity index is 1.76. The number of thiophene rings is 1. The number of amides is 2. The van der Waals surface area contributed by atoms with Crippen LogP contribution in [0, 0.1) is 5.82 Å². The fourth-order valence-electron chi connectivity index (χ4n) is 1.52. The van der Waals surface area contributed by atoms with Crippen molar-refractivity contribution in [1.82, 2.24) is 10.6 Å². The summed E-state index contributed by atoms with van der Waals surface area (Å²) >= 11 is 1.53. The minimum absolute atomic E-state index is 0.186. The minimum atomic E-state index is -0.704. The van der Waals surface area contributed by atoms with Crippen LogP contribution in [0.1, 0.15) is 11.1 Å². The number of benzene rings is 1. The van der Waals surface area contributed by atoms with Crippen molar-refractivity contribution >= 4 is 23.2 Å². The van der Waals surface area contributed by atoms with Gasteiger partial charge in [0.15, 0.2) is 0 Å². The van der Waals surface area contributed by atoms with E-state index in [-0.39, 0.29) is 12.4 Å². The molecule has 1 aromatic heterocycles. The highest BCUT2D eigenvalue weighted by Crippen LogP contribution is 2.05. The summed E-state index contributed by atoms with van der Waals surface area (Å²) in [5.74, 6) is -1.73. The second-order valence-corrected chi connectivity index (χ2v) is 4.90. The molecule has 0 atom stereocenters. The zero-order valence-electron chi connectivity index (χ0n) is 10.6. The summed E-state index contributed by atoms with van der Waals surface area (Å²) in [7, 11) is 0. The Morgan fingerprint density at radius 3 is 2.10 bits per heavy atom. The molecule has 0 spiro atoms. The van der Waals surface area contributed by atoms with Crippen LogP contribution in [0.25, 0.3) is 0 Å². The highest BCUT2D eigenvalue weighted by Gasteiger charge is 2.12. The lowest BCUT2D eigenvalue weighted by atomic mass is 10.2. The van der Waals surface area contributed by atoms with Gasteiger partial charge in [-0.2, -0.15) is 11.3 Å². The normalized spacial score (nSPS) is 10.1. The van der Waals surface area contributed by atoms with Gasteiger partial charge in [0, 0.05) is 13.1 Å². The van der Waals surface area contributed by atoms with Gasteiger partial charge in [0.2, 0.25) is 0 Å². The molecule has 0 saturated carbocycles. The second kappa shape index (κ2) is 6.81. The molecule has 2 rings (SSSR count). The van der Waals surface area contributed by atoms with Gasteiger partial charge in [-0.25, -0.2) is 4.39 Å². The number of carbonyl (C=O) groups is 2. The summed E-state index contributed by atoms with van der Waals surface area (Å²) in [6, 6.07) is 7.59. The van der Waals surface area contributed by atoms with Crippen LogP contribution in [-0.4, -0.2) is 11.8 Å². The number of halogens is 1. The Morgan fingerprint density at radius 2 is 1.55 bits per heavy atom. The maximum absolute atomic E-state index is 12.7. The van der Waals surface area contributed by atoms with Crippen molar-refractivity contribution in [2.24, 2.45) is 0 Å². The molecule has 0 bridgehead atoms. The van der Waals surface area contributed by atoms with Crippen molar-refractivity contribution < 1.29 is 14.0 Å². The third-order valence-electron chi connectivity index (χ3n) is 2.61. The Labute approximate surface area is 119 Å². The van der Waals surface area contributed by atoms with E-state index in [9.17, 15) is 14.0 Å². The first-order chi connectivity index (χ1) is 9.65. The van der Waals surface area contributed by atoms with E-state index in [2.05, 4.69) is 10.6 Å². The predicted molar refractivity (Wildman–Crippen MR) is 74.4 cm³/mol. The Bertz CT molecular complexity index is 582. The molecule has 0 saturated heterocycles. The first-order valence-electron chi connectivity index (χ1n) is 5.96. The van der Waals surface area contributed by atoms with E-state index in [0.717, 1.165) is 11.1 Å². The van der Waals surface area contributed by atoms with Crippen LogP contribution in [0.5, 0.6) is 0 Å². The van der Waals surface area contributed by atoms with E-state index in [1.807, 2.05) is 16.8 Å². The smallest absolute Gasteiger partial charge is 0.309 e. The summed E-state index contributed by atoms with van der Waals surface area (Å²) < 4.78 is 12.7. The molecule has 0 aliphatic heterocycles. The molecule has 1 aromatic carbocycles. The van der Waals surface area contributed by atoms with Crippen molar-refractivity contribution in [3.05, 3.63) is 58.0 Å². The molecule has 2 aromatic rings. The lowest BCUT2D eigenvalue weighted by Gasteiger charge is -2.06. The summed E-state index contributed by atoms with van der Waals surface area (Å²) in [5, 5.41) is 8.80. The topological polar surface area (TPSA) is 58.2 Å². The monoisotopic (exact) mass is 292 g/mol. The predicted octanol–water partition coefficient (Wildman–Crippen LogP) is 1.82. The molecule has 20 heavy (non-hydrogen) atoms. The molecule has 2 N–H and O–H groups in total. The number of rotatable bonds is 4. The highest BCUT2D eigenvalue weighted by atomic mass is 32.1. The van der Waals surface area contributed by atoms with Gasteiger partial charge in [-0.1, -0.05) is 12.1 Å². The summed E-state index contributed by atoms with van der Waals surface area (Å²) in [4.78, 5) is 23.1. The van der Waals surface area contributed by atoms with E-state index >= 15 is 0 Å². The van der Waals surface area contributed by atoms with Gasteiger partial charge < -0.3 is 10.6 Å². The van der Waals surface area contributed by atoms with Crippen LogP contribution in [0.4, 0.5) is 4.39 Å². The standard InChI is InChI=1S/C14H13FN2O2S/c15-12-3-1-10(2-4-12)7-16-13(18)14(19)17-8-11-5-6-20-9-11/h1-6,9H,7-8H2,(H,16,18)(H,17,19). The Morgan fingerprint density at radius 1 is 0.950 bits per heavy atom. The second-order valence-electron chi connectivity index (χ2n) is 4.12. The quantitative estimate of drug-likeness (QED) is 0.845. The molecule has 6 heteroatoms. The summed E-state index contributed by atoms with van der Waals surface area (Å²) in [5.41, 5.74) is 1.68. The van der Waals surface area contributed by atoms with E-state index in [1.165, 1.54) is 23.5 Å². The van der Waals surface area contributed by atoms with Crippen LogP contribution < -0.4 is 10.6 Å². The van der Waals surface area contributed by atoms with Gasteiger partial charge >= 0.3 is 11.8 Å². The van der Waals surface area contributed by atoms with Gasteiger partial charge in [-0.05, 0) is 40.1 Å². The molecule has 1 heterocycles. The zero-order chi connectivity index (χ0) is 14.4. The molecule has 2 amide bonds. The number of hydrogen-bond acceptors (Lipinski definition) is 3. The fraction of sp³-hybridized carbons (Fsp3) is 0.143. The zero-order valence-corrected chi connectivity index (χ0v) is 11.4. The average molecular weight is 292 g/mol. The SMILES string of the molecule is O=C(NCc1ccc(F)cc1)C(=O)NCc1ccsc1. The van der Waals surface area contributed by atoms with Gasteiger partial charge in [0.1, 0.15) is 5.82 Å². The molecule has 0 aliphatic carbocycles. The van der Waals surface area contributed by atoms with Crippen molar-refractivity contribution in [1.29, 1.82) is 0 Å². The van der Waals surface area contributed by atoms with Crippen molar-refractivity contribution in [2.45, 2.75) is 13.1 Å². The van der Waals surface area contributed by atoms with Crippen molar-refractivity contribution in [3.8, 4) is 0 Å². The lowest BCUT2D eigenvalue weighted by Crippen LogP contribution is -2.39. The Kier molecular flexibility index (Phi) is 4.84. The molecule has 0 aliphatic rings. The van der Waals surface area contributed by atoms with E-state index in [4.69, 9.17) is 0 Å².